The van der Waals surface area contributed by atoms with Gasteiger partial charge in [0.05, 0.1) is 0 Å². The Labute approximate surface area is 104 Å². The molecular formula is C13H14N4O. The van der Waals surface area contributed by atoms with E-state index in [-0.39, 0.29) is 0 Å². The van der Waals surface area contributed by atoms with Crippen LogP contribution in [0.3, 0.4) is 0 Å². The maximum atomic E-state index is 5.65. The summed E-state index contributed by atoms with van der Waals surface area (Å²) in [6, 6.07) is 6.17. The first-order chi connectivity index (χ1) is 8.72. The van der Waals surface area contributed by atoms with Crippen LogP contribution in [-0.2, 0) is 6.54 Å². The lowest BCUT2D eigenvalue weighted by molar-refractivity contribution is 0.304. The highest BCUT2D eigenvalue weighted by molar-refractivity contribution is 5.98. The molecule has 92 valence electrons. The SMILES string of the molecule is Cc1[nH]c2c(C)cccc2c1-c1nonc1CN. The smallest absolute Gasteiger partial charge is 0.142 e. The lowest BCUT2D eigenvalue weighted by atomic mass is 10.0. The fourth-order valence-electron chi connectivity index (χ4n) is 2.33. The number of rotatable bonds is 2. The maximum absolute atomic E-state index is 5.65. The van der Waals surface area contributed by atoms with Gasteiger partial charge < -0.3 is 10.7 Å². The standard InChI is InChI=1S/C13H14N4O/c1-7-4-3-5-9-11(8(2)15-12(7)9)13-10(6-14)16-18-17-13/h3-5,15H,6,14H2,1-2H3. The first kappa shape index (κ1) is 11.0. The van der Waals surface area contributed by atoms with Crippen LogP contribution in [0.5, 0.6) is 0 Å². The summed E-state index contributed by atoms with van der Waals surface area (Å²) in [6.45, 7) is 4.41. The zero-order valence-electron chi connectivity index (χ0n) is 10.3. The van der Waals surface area contributed by atoms with E-state index >= 15 is 0 Å². The number of H-pyrrole nitrogens is 1. The number of benzene rings is 1. The molecule has 0 amide bonds. The zero-order chi connectivity index (χ0) is 12.7. The normalized spacial score (nSPS) is 11.3. The van der Waals surface area contributed by atoms with Crippen molar-refractivity contribution in [2.75, 3.05) is 0 Å². The van der Waals surface area contributed by atoms with E-state index in [1.165, 1.54) is 5.56 Å². The summed E-state index contributed by atoms with van der Waals surface area (Å²) in [5.74, 6) is 0. The average Bonchev–Trinajstić information content (AvgIpc) is 2.93. The summed E-state index contributed by atoms with van der Waals surface area (Å²) >= 11 is 0. The summed E-state index contributed by atoms with van der Waals surface area (Å²) in [4.78, 5) is 3.38. The van der Waals surface area contributed by atoms with Crippen molar-refractivity contribution >= 4 is 10.9 Å². The van der Waals surface area contributed by atoms with Gasteiger partial charge in [-0.05, 0) is 24.6 Å². The Hall–Kier alpha value is -2.14. The number of fused-ring (bicyclic) bond motifs is 1. The van der Waals surface area contributed by atoms with Crippen LogP contribution < -0.4 is 5.73 Å². The molecule has 5 heteroatoms. The van der Waals surface area contributed by atoms with Gasteiger partial charge in [-0.1, -0.05) is 23.4 Å². The molecule has 0 aliphatic carbocycles. The minimum atomic E-state index is 0.316. The number of hydrogen-bond donors (Lipinski definition) is 2. The van der Waals surface area contributed by atoms with Crippen LogP contribution in [0.25, 0.3) is 22.2 Å². The monoisotopic (exact) mass is 242 g/mol. The Balaban J connectivity index is 2.36. The summed E-state index contributed by atoms with van der Waals surface area (Å²) in [6.07, 6.45) is 0. The third kappa shape index (κ3) is 1.44. The summed E-state index contributed by atoms with van der Waals surface area (Å²) in [7, 11) is 0. The van der Waals surface area contributed by atoms with E-state index in [2.05, 4.69) is 34.4 Å². The molecular weight excluding hydrogens is 228 g/mol. The van der Waals surface area contributed by atoms with E-state index in [4.69, 9.17) is 10.4 Å². The summed E-state index contributed by atoms with van der Waals surface area (Å²) in [5, 5.41) is 8.94. The van der Waals surface area contributed by atoms with Gasteiger partial charge in [0.2, 0.25) is 0 Å². The van der Waals surface area contributed by atoms with Crippen molar-refractivity contribution in [1.29, 1.82) is 0 Å². The van der Waals surface area contributed by atoms with Crippen molar-refractivity contribution in [3.05, 3.63) is 35.2 Å². The Morgan fingerprint density at radius 2 is 2.11 bits per heavy atom. The highest BCUT2D eigenvalue weighted by Gasteiger charge is 2.18. The number of nitrogens with one attached hydrogen (secondary N) is 1. The fourth-order valence-corrected chi connectivity index (χ4v) is 2.33. The van der Waals surface area contributed by atoms with Crippen molar-refractivity contribution in [1.82, 2.24) is 15.3 Å². The third-order valence-corrected chi connectivity index (χ3v) is 3.22. The lowest BCUT2D eigenvalue weighted by Crippen LogP contribution is -1.98. The van der Waals surface area contributed by atoms with Gasteiger partial charge in [-0.15, -0.1) is 0 Å². The molecule has 1 aromatic carbocycles. The first-order valence-corrected chi connectivity index (χ1v) is 5.82. The molecule has 0 atom stereocenters. The van der Waals surface area contributed by atoms with Crippen molar-refractivity contribution in [3.8, 4) is 11.3 Å². The van der Waals surface area contributed by atoms with Gasteiger partial charge in [-0.25, -0.2) is 4.63 Å². The van der Waals surface area contributed by atoms with Crippen molar-refractivity contribution in [3.63, 3.8) is 0 Å². The van der Waals surface area contributed by atoms with Gasteiger partial charge >= 0.3 is 0 Å². The van der Waals surface area contributed by atoms with Gasteiger partial charge in [0.1, 0.15) is 11.4 Å². The van der Waals surface area contributed by atoms with Gasteiger partial charge in [0.15, 0.2) is 0 Å². The van der Waals surface area contributed by atoms with Crippen LogP contribution in [0.4, 0.5) is 0 Å². The number of para-hydroxylation sites is 1. The molecule has 0 spiro atoms. The largest absolute Gasteiger partial charge is 0.358 e. The summed E-state index contributed by atoms with van der Waals surface area (Å²) < 4.78 is 4.80. The Morgan fingerprint density at radius 3 is 2.89 bits per heavy atom. The quantitative estimate of drug-likeness (QED) is 0.722. The van der Waals surface area contributed by atoms with E-state index in [0.717, 1.165) is 27.9 Å². The molecule has 3 rings (SSSR count). The second-order valence-electron chi connectivity index (χ2n) is 4.39. The predicted molar refractivity (Wildman–Crippen MR) is 69.0 cm³/mol. The topological polar surface area (TPSA) is 80.7 Å². The van der Waals surface area contributed by atoms with Crippen LogP contribution in [0.1, 0.15) is 17.0 Å². The third-order valence-electron chi connectivity index (χ3n) is 3.22. The number of aromatic nitrogens is 3. The van der Waals surface area contributed by atoms with Gasteiger partial charge in [0.25, 0.3) is 0 Å². The molecule has 0 saturated heterocycles. The number of hydrogen-bond acceptors (Lipinski definition) is 4. The number of aromatic amines is 1. The van der Waals surface area contributed by atoms with E-state index in [9.17, 15) is 0 Å². The van der Waals surface area contributed by atoms with Crippen LogP contribution in [0.2, 0.25) is 0 Å². The number of nitrogens with two attached hydrogens (primary N) is 1. The molecule has 0 fully saturated rings. The molecule has 18 heavy (non-hydrogen) atoms. The average molecular weight is 242 g/mol. The molecule has 2 heterocycles. The fraction of sp³-hybridized carbons (Fsp3) is 0.231. The highest BCUT2D eigenvalue weighted by Crippen LogP contribution is 2.33. The van der Waals surface area contributed by atoms with Crippen LogP contribution >= 0.6 is 0 Å². The van der Waals surface area contributed by atoms with E-state index in [0.29, 0.717) is 12.2 Å². The Morgan fingerprint density at radius 1 is 1.28 bits per heavy atom. The summed E-state index contributed by atoms with van der Waals surface area (Å²) in [5.41, 5.74) is 11.5. The highest BCUT2D eigenvalue weighted by atomic mass is 16.6. The molecule has 0 saturated carbocycles. The molecule has 0 unspecified atom stereocenters. The molecule has 5 nitrogen and oxygen atoms in total. The number of aryl methyl sites for hydroxylation is 2. The van der Waals surface area contributed by atoms with Gasteiger partial charge in [-0.2, -0.15) is 0 Å². The lowest BCUT2D eigenvalue weighted by Gasteiger charge is -1.98. The van der Waals surface area contributed by atoms with Crippen LogP contribution in [0, 0.1) is 13.8 Å². The van der Waals surface area contributed by atoms with Crippen molar-refractivity contribution < 1.29 is 4.63 Å². The zero-order valence-corrected chi connectivity index (χ0v) is 10.3. The Kier molecular flexibility index (Phi) is 2.41. The van der Waals surface area contributed by atoms with Gasteiger partial charge in [-0.3, -0.25) is 0 Å². The van der Waals surface area contributed by atoms with Crippen molar-refractivity contribution in [2.45, 2.75) is 20.4 Å². The second-order valence-corrected chi connectivity index (χ2v) is 4.39. The maximum Gasteiger partial charge on any atom is 0.142 e. The van der Waals surface area contributed by atoms with Crippen molar-refractivity contribution in [2.24, 2.45) is 5.73 Å². The molecule has 3 N–H and O–H groups in total. The molecule has 0 radical (unpaired) electrons. The van der Waals surface area contributed by atoms with E-state index in [1.54, 1.807) is 0 Å². The first-order valence-electron chi connectivity index (χ1n) is 5.82. The van der Waals surface area contributed by atoms with E-state index in [1.807, 2.05) is 13.0 Å². The molecule has 0 aliphatic heterocycles. The molecule has 0 aliphatic rings. The molecule has 3 aromatic rings. The predicted octanol–water partition coefficient (Wildman–Crippen LogP) is 2.29. The van der Waals surface area contributed by atoms with Gasteiger partial charge in [0, 0.05) is 28.7 Å². The van der Waals surface area contributed by atoms with E-state index < -0.39 is 0 Å². The Bertz CT molecular complexity index is 711. The molecule has 2 aromatic heterocycles. The minimum Gasteiger partial charge on any atom is -0.358 e. The minimum absolute atomic E-state index is 0.316. The van der Waals surface area contributed by atoms with Crippen LogP contribution in [0.15, 0.2) is 22.8 Å². The molecule has 0 bridgehead atoms. The number of nitrogens with zero attached hydrogens (tertiary/aromatic N) is 2. The van der Waals surface area contributed by atoms with Crippen LogP contribution in [-0.4, -0.2) is 15.3 Å². The second kappa shape index (κ2) is 3.96.